The molecule has 0 atom stereocenters. The molecule has 0 aliphatic heterocycles. The Morgan fingerprint density at radius 2 is 1.58 bits per heavy atom. The van der Waals surface area contributed by atoms with Crippen LogP contribution in [0.5, 0.6) is 0 Å². The minimum absolute atomic E-state index is 0.0388. The fourth-order valence-electron chi connectivity index (χ4n) is 3.20. The van der Waals surface area contributed by atoms with Gasteiger partial charge in [0.1, 0.15) is 5.76 Å². The van der Waals surface area contributed by atoms with Crippen molar-refractivity contribution in [3.05, 3.63) is 45.8 Å². The average Bonchev–Trinajstić information content (AvgIpc) is 2.59. The maximum atomic E-state index is 12.6. The van der Waals surface area contributed by atoms with E-state index in [4.69, 9.17) is 0 Å². The number of carbonyl (C=O) groups is 2. The number of hydrogen-bond donors (Lipinski definition) is 1. The van der Waals surface area contributed by atoms with E-state index in [1.54, 1.807) is 0 Å². The van der Waals surface area contributed by atoms with Crippen LogP contribution in [0.4, 0.5) is 0 Å². The molecule has 0 heterocycles. The number of hydrogen-bond acceptors (Lipinski definition) is 3. The van der Waals surface area contributed by atoms with Crippen LogP contribution >= 0.6 is 0 Å². The van der Waals surface area contributed by atoms with E-state index in [0.29, 0.717) is 30.4 Å². The van der Waals surface area contributed by atoms with Gasteiger partial charge in [0, 0.05) is 16.7 Å². The Morgan fingerprint density at radius 1 is 0.923 bits per heavy atom. The first kappa shape index (κ1) is 22.1. The van der Waals surface area contributed by atoms with Crippen molar-refractivity contribution in [1.29, 1.82) is 0 Å². The molecule has 0 aromatic carbocycles. The molecule has 0 saturated heterocycles. The van der Waals surface area contributed by atoms with E-state index in [1.807, 2.05) is 19.9 Å². The second-order valence-electron chi connectivity index (χ2n) is 7.33. The van der Waals surface area contributed by atoms with Gasteiger partial charge in [-0.1, -0.05) is 50.0 Å². The molecule has 3 nitrogen and oxygen atoms in total. The molecule has 26 heavy (non-hydrogen) atoms. The van der Waals surface area contributed by atoms with Crippen LogP contribution in [0.15, 0.2) is 45.8 Å². The smallest absolute Gasteiger partial charge is 0.233 e. The standard InChI is InChI=1S/C23H34O3/c1-6-8-9-13-19-18(7-2)21(24)20(23(26)22(19)25)15-14-17(5)12-10-11-16(3)4/h11,14,24H,6-10,12-13,15H2,1-5H3/b17-14+. The van der Waals surface area contributed by atoms with Crippen molar-refractivity contribution in [3.63, 3.8) is 0 Å². The van der Waals surface area contributed by atoms with Crippen LogP contribution in [0, 0.1) is 0 Å². The van der Waals surface area contributed by atoms with E-state index in [-0.39, 0.29) is 11.3 Å². The van der Waals surface area contributed by atoms with Crippen molar-refractivity contribution in [1.82, 2.24) is 0 Å². The summed E-state index contributed by atoms with van der Waals surface area (Å²) in [7, 11) is 0. The fourth-order valence-corrected chi connectivity index (χ4v) is 3.20. The van der Waals surface area contributed by atoms with Crippen LogP contribution in [0.3, 0.4) is 0 Å². The Morgan fingerprint density at radius 3 is 2.15 bits per heavy atom. The van der Waals surface area contributed by atoms with Crippen molar-refractivity contribution in [2.75, 3.05) is 0 Å². The molecule has 0 unspecified atom stereocenters. The van der Waals surface area contributed by atoms with Crippen LogP contribution in [0.2, 0.25) is 0 Å². The SMILES string of the molecule is CCCCCC1=C(CC)C(O)=C(C/C=C(\C)CCC=C(C)C)C(=O)C1=O. The maximum Gasteiger partial charge on any atom is 0.233 e. The van der Waals surface area contributed by atoms with Crippen LogP contribution in [-0.4, -0.2) is 16.7 Å². The van der Waals surface area contributed by atoms with Crippen LogP contribution in [0.25, 0.3) is 0 Å². The minimum Gasteiger partial charge on any atom is -0.507 e. The van der Waals surface area contributed by atoms with Gasteiger partial charge in [0.2, 0.25) is 11.6 Å². The summed E-state index contributed by atoms with van der Waals surface area (Å²) in [6.07, 6.45) is 10.4. The molecular weight excluding hydrogens is 324 g/mol. The number of aliphatic hydroxyl groups excluding tert-OH is 1. The molecule has 0 aromatic rings. The molecular formula is C23H34O3. The molecule has 1 N–H and O–H groups in total. The molecule has 0 fully saturated rings. The molecule has 1 rings (SSSR count). The first-order chi connectivity index (χ1) is 12.3. The predicted molar refractivity (Wildman–Crippen MR) is 108 cm³/mol. The van der Waals surface area contributed by atoms with Gasteiger partial charge in [-0.25, -0.2) is 0 Å². The highest BCUT2D eigenvalue weighted by atomic mass is 16.3. The minimum atomic E-state index is -0.528. The highest BCUT2D eigenvalue weighted by Crippen LogP contribution is 2.31. The third-order valence-corrected chi connectivity index (χ3v) is 4.82. The van der Waals surface area contributed by atoms with E-state index >= 15 is 0 Å². The highest BCUT2D eigenvalue weighted by Gasteiger charge is 2.33. The lowest BCUT2D eigenvalue weighted by molar-refractivity contribution is -0.132. The second kappa shape index (κ2) is 10.9. The van der Waals surface area contributed by atoms with Gasteiger partial charge < -0.3 is 5.11 Å². The van der Waals surface area contributed by atoms with Gasteiger partial charge in [-0.2, -0.15) is 0 Å². The normalized spacial score (nSPS) is 15.8. The lowest BCUT2D eigenvalue weighted by atomic mass is 9.83. The van der Waals surface area contributed by atoms with Crippen LogP contribution in [0.1, 0.15) is 86.0 Å². The van der Waals surface area contributed by atoms with E-state index in [1.165, 1.54) is 11.1 Å². The van der Waals surface area contributed by atoms with Crippen LogP contribution in [-0.2, 0) is 9.59 Å². The summed E-state index contributed by atoms with van der Waals surface area (Å²) in [6.45, 7) is 10.2. The summed E-state index contributed by atoms with van der Waals surface area (Å²) in [5.41, 5.74) is 3.90. The largest absolute Gasteiger partial charge is 0.507 e. The van der Waals surface area contributed by atoms with Crippen molar-refractivity contribution < 1.29 is 14.7 Å². The summed E-state index contributed by atoms with van der Waals surface area (Å²) >= 11 is 0. The highest BCUT2D eigenvalue weighted by molar-refractivity contribution is 6.50. The summed E-state index contributed by atoms with van der Waals surface area (Å²) in [5, 5.41) is 10.6. The van der Waals surface area contributed by atoms with Gasteiger partial charge in [0.25, 0.3) is 0 Å². The zero-order valence-electron chi connectivity index (χ0n) is 17.1. The summed E-state index contributed by atoms with van der Waals surface area (Å²) in [4.78, 5) is 25.1. The third kappa shape index (κ3) is 6.12. The lowest BCUT2D eigenvalue weighted by Crippen LogP contribution is -2.26. The number of carbonyl (C=O) groups excluding carboxylic acids is 2. The van der Waals surface area contributed by atoms with E-state index < -0.39 is 11.6 Å². The van der Waals surface area contributed by atoms with Gasteiger partial charge >= 0.3 is 0 Å². The number of aliphatic hydroxyl groups is 1. The summed E-state index contributed by atoms with van der Waals surface area (Å²) < 4.78 is 0. The van der Waals surface area contributed by atoms with Gasteiger partial charge in [-0.15, -0.1) is 0 Å². The van der Waals surface area contributed by atoms with Gasteiger partial charge in [-0.05, 0) is 59.3 Å². The van der Waals surface area contributed by atoms with Crippen LogP contribution < -0.4 is 0 Å². The average molecular weight is 359 g/mol. The molecule has 144 valence electrons. The van der Waals surface area contributed by atoms with E-state index in [9.17, 15) is 14.7 Å². The molecule has 0 amide bonds. The quantitative estimate of drug-likeness (QED) is 0.215. The Balaban J connectivity index is 2.99. The molecule has 1 aliphatic carbocycles. The number of rotatable bonds is 10. The Hall–Kier alpha value is -1.90. The first-order valence-corrected chi connectivity index (χ1v) is 9.85. The first-order valence-electron chi connectivity index (χ1n) is 9.85. The van der Waals surface area contributed by atoms with Crippen molar-refractivity contribution in [2.45, 2.75) is 86.0 Å². The molecule has 0 spiro atoms. The summed E-state index contributed by atoms with van der Waals surface area (Å²) in [5.74, 6) is -0.905. The van der Waals surface area contributed by atoms with Crippen molar-refractivity contribution in [3.8, 4) is 0 Å². The fraction of sp³-hybridized carbons (Fsp3) is 0.565. The number of unbranched alkanes of at least 4 members (excludes halogenated alkanes) is 2. The molecule has 0 bridgehead atoms. The van der Waals surface area contributed by atoms with Gasteiger partial charge in [0.05, 0.1) is 0 Å². The predicted octanol–water partition coefficient (Wildman–Crippen LogP) is 6.32. The number of ketones is 2. The number of Topliss-reactive ketones (excluding diaryl/α,β-unsaturated/α-hetero) is 2. The van der Waals surface area contributed by atoms with Gasteiger partial charge in [0.15, 0.2) is 0 Å². The maximum absolute atomic E-state index is 12.6. The topological polar surface area (TPSA) is 54.4 Å². The summed E-state index contributed by atoms with van der Waals surface area (Å²) in [6, 6.07) is 0. The molecule has 3 heteroatoms. The Kier molecular flexibility index (Phi) is 9.32. The van der Waals surface area contributed by atoms with E-state index in [0.717, 1.165) is 32.1 Å². The van der Waals surface area contributed by atoms with Crippen molar-refractivity contribution in [2.24, 2.45) is 0 Å². The molecule has 1 aliphatic rings. The zero-order chi connectivity index (χ0) is 19.7. The third-order valence-electron chi connectivity index (χ3n) is 4.82. The molecule has 0 radical (unpaired) electrons. The van der Waals surface area contributed by atoms with Crippen molar-refractivity contribution >= 4 is 11.6 Å². The second-order valence-corrected chi connectivity index (χ2v) is 7.33. The monoisotopic (exact) mass is 358 g/mol. The molecule has 0 aromatic heterocycles. The molecule has 0 saturated carbocycles. The lowest BCUT2D eigenvalue weighted by Gasteiger charge is -2.20. The Labute approximate surface area is 158 Å². The Bertz CT molecular complexity index is 653. The zero-order valence-corrected chi connectivity index (χ0v) is 17.1. The van der Waals surface area contributed by atoms with Gasteiger partial charge in [-0.3, -0.25) is 9.59 Å². The van der Waals surface area contributed by atoms with E-state index in [2.05, 4.69) is 26.8 Å². The number of allylic oxidation sites excluding steroid dienone is 7.